The fourth-order valence-electron chi connectivity index (χ4n) is 4.40. The Balaban J connectivity index is 1.80. The van der Waals surface area contributed by atoms with E-state index in [1.165, 1.54) is 6.07 Å². The van der Waals surface area contributed by atoms with Gasteiger partial charge in [0.25, 0.3) is 0 Å². The molecule has 0 saturated heterocycles. The van der Waals surface area contributed by atoms with Crippen molar-refractivity contribution in [2.75, 3.05) is 0 Å². The van der Waals surface area contributed by atoms with Crippen LogP contribution in [0, 0.1) is 25.5 Å². The van der Waals surface area contributed by atoms with Gasteiger partial charge in [-0.1, -0.05) is 11.2 Å². The first-order chi connectivity index (χ1) is 16.8. The van der Waals surface area contributed by atoms with E-state index in [1.807, 2.05) is 42.7 Å². The average molecular weight is 474 g/mol. The lowest BCUT2D eigenvalue weighted by Crippen LogP contribution is -2.08. The van der Waals surface area contributed by atoms with Crippen LogP contribution in [0.15, 0.2) is 59.5 Å². The van der Waals surface area contributed by atoms with Crippen LogP contribution in [-0.2, 0) is 0 Å². The van der Waals surface area contributed by atoms with E-state index >= 15 is 4.39 Å². The lowest BCUT2D eigenvalue weighted by Gasteiger charge is -2.14. The number of halogens is 2. The molecule has 4 aromatic heterocycles. The number of aromatic carboxylic acids is 1. The fourth-order valence-corrected chi connectivity index (χ4v) is 4.40. The van der Waals surface area contributed by atoms with Crippen LogP contribution < -0.4 is 0 Å². The van der Waals surface area contributed by atoms with Crippen LogP contribution in [-0.4, -0.2) is 30.8 Å². The maximum absolute atomic E-state index is 15.3. The summed E-state index contributed by atoms with van der Waals surface area (Å²) in [5.41, 5.74) is 2.78. The highest BCUT2D eigenvalue weighted by Gasteiger charge is 2.25. The number of carboxylic acids is 1. The van der Waals surface area contributed by atoms with E-state index in [4.69, 9.17) is 4.52 Å². The Hall–Kier alpha value is -4.40. The monoisotopic (exact) mass is 474 g/mol. The van der Waals surface area contributed by atoms with Crippen LogP contribution in [0.1, 0.15) is 40.5 Å². The van der Waals surface area contributed by atoms with E-state index in [0.29, 0.717) is 33.6 Å². The highest BCUT2D eigenvalue weighted by molar-refractivity contribution is 5.98. The van der Waals surface area contributed by atoms with E-state index in [2.05, 4.69) is 15.1 Å². The van der Waals surface area contributed by atoms with Crippen LogP contribution in [0.3, 0.4) is 0 Å². The van der Waals surface area contributed by atoms with Gasteiger partial charge in [0.2, 0.25) is 0 Å². The third-order valence-electron chi connectivity index (χ3n) is 6.12. The first-order valence-electron chi connectivity index (χ1n) is 10.8. The minimum absolute atomic E-state index is 0.0431. The van der Waals surface area contributed by atoms with Gasteiger partial charge in [-0.2, -0.15) is 0 Å². The van der Waals surface area contributed by atoms with E-state index in [1.54, 1.807) is 25.5 Å². The minimum atomic E-state index is -1.68. The minimum Gasteiger partial charge on any atom is -0.477 e. The van der Waals surface area contributed by atoms with E-state index in [0.717, 1.165) is 17.3 Å². The number of rotatable bonds is 5. The second-order valence-corrected chi connectivity index (χ2v) is 8.26. The molecule has 0 saturated carbocycles. The first-order valence-corrected chi connectivity index (χ1v) is 10.8. The number of benzene rings is 1. The Kier molecular flexibility index (Phi) is 5.39. The van der Waals surface area contributed by atoms with Crippen molar-refractivity contribution in [2.24, 2.45) is 0 Å². The van der Waals surface area contributed by atoms with Gasteiger partial charge in [-0.25, -0.2) is 18.6 Å². The normalized spacial score (nSPS) is 12.3. The maximum Gasteiger partial charge on any atom is 0.341 e. The molecule has 1 aromatic carbocycles. The number of fused-ring (bicyclic) bond motifs is 1. The van der Waals surface area contributed by atoms with Gasteiger partial charge in [0.05, 0.1) is 17.4 Å². The molecule has 0 aliphatic carbocycles. The Morgan fingerprint density at radius 3 is 2.57 bits per heavy atom. The number of hydrogen-bond donors (Lipinski definition) is 1. The Morgan fingerprint density at radius 2 is 1.91 bits per heavy atom. The van der Waals surface area contributed by atoms with Crippen molar-refractivity contribution in [3.8, 4) is 22.3 Å². The molecule has 5 aromatic rings. The molecular weight excluding hydrogens is 454 g/mol. The number of hydrogen-bond acceptors (Lipinski definition) is 5. The molecular formula is C26H20F2N4O3. The third-order valence-corrected chi connectivity index (χ3v) is 6.12. The molecule has 35 heavy (non-hydrogen) atoms. The zero-order valence-corrected chi connectivity index (χ0v) is 19.1. The molecule has 7 nitrogen and oxygen atoms in total. The smallest absolute Gasteiger partial charge is 0.341 e. The Bertz CT molecular complexity index is 1570. The molecule has 0 spiro atoms. The summed E-state index contributed by atoms with van der Waals surface area (Å²) in [6, 6.07) is 9.30. The summed E-state index contributed by atoms with van der Waals surface area (Å²) in [6.07, 6.45) is 5.06. The summed E-state index contributed by atoms with van der Waals surface area (Å²) < 4.78 is 36.6. The second-order valence-electron chi connectivity index (χ2n) is 8.26. The predicted octanol–water partition coefficient (Wildman–Crippen LogP) is 5.96. The zero-order valence-electron chi connectivity index (χ0n) is 19.1. The van der Waals surface area contributed by atoms with Crippen molar-refractivity contribution in [3.63, 3.8) is 0 Å². The molecule has 0 radical (unpaired) electrons. The van der Waals surface area contributed by atoms with Gasteiger partial charge in [-0.05, 0) is 51.1 Å². The highest BCUT2D eigenvalue weighted by atomic mass is 19.1. The number of nitrogens with zero attached hydrogens (tertiary/aromatic N) is 4. The van der Waals surface area contributed by atoms with E-state index in [-0.39, 0.29) is 11.6 Å². The molecule has 0 aliphatic rings. The van der Waals surface area contributed by atoms with E-state index < -0.39 is 23.2 Å². The fraction of sp³-hybridized carbons (Fsp3) is 0.154. The molecule has 4 heterocycles. The number of aromatic nitrogens is 4. The molecule has 0 bridgehead atoms. The Morgan fingerprint density at radius 1 is 1.11 bits per heavy atom. The first kappa shape index (κ1) is 22.4. The van der Waals surface area contributed by atoms with Crippen molar-refractivity contribution < 1.29 is 23.2 Å². The molecule has 1 unspecified atom stereocenters. The van der Waals surface area contributed by atoms with Crippen molar-refractivity contribution in [2.45, 2.75) is 26.8 Å². The topological polar surface area (TPSA) is 94.0 Å². The van der Waals surface area contributed by atoms with Crippen molar-refractivity contribution in [1.29, 1.82) is 0 Å². The molecule has 9 heteroatoms. The molecule has 1 N–H and O–H groups in total. The summed E-state index contributed by atoms with van der Waals surface area (Å²) >= 11 is 0. The Labute approximate surface area is 198 Å². The van der Waals surface area contributed by atoms with Crippen LogP contribution in [0.2, 0.25) is 0 Å². The molecule has 0 aliphatic heterocycles. The van der Waals surface area contributed by atoms with Gasteiger partial charge in [0.15, 0.2) is 0 Å². The van der Waals surface area contributed by atoms with Gasteiger partial charge in [-0.3, -0.25) is 4.98 Å². The molecule has 176 valence electrons. The molecule has 1 atom stereocenters. The van der Waals surface area contributed by atoms with Crippen molar-refractivity contribution in [1.82, 2.24) is 19.7 Å². The summed E-state index contributed by atoms with van der Waals surface area (Å²) in [4.78, 5) is 20.6. The van der Waals surface area contributed by atoms with Crippen LogP contribution in [0.5, 0.6) is 0 Å². The number of aryl methyl sites for hydroxylation is 2. The molecule has 5 rings (SSSR count). The van der Waals surface area contributed by atoms with Gasteiger partial charge >= 0.3 is 5.97 Å². The van der Waals surface area contributed by atoms with Crippen LogP contribution in [0.4, 0.5) is 8.78 Å². The third kappa shape index (κ3) is 3.65. The summed E-state index contributed by atoms with van der Waals surface area (Å²) in [7, 11) is 0. The number of carboxylic acid groups (broad SMARTS) is 1. The SMILES string of the molecule is Cc1noc(C)c1-c1cnc2c(c1)c(-c1ccc(F)c(C(=O)O)c1F)cn2C(C)c1ccccn1. The van der Waals surface area contributed by atoms with Gasteiger partial charge < -0.3 is 14.2 Å². The summed E-state index contributed by atoms with van der Waals surface area (Å²) in [6.45, 7) is 5.52. The molecule has 0 amide bonds. The highest BCUT2D eigenvalue weighted by Crippen LogP contribution is 2.38. The lowest BCUT2D eigenvalue weighted by atomic mass is 9.99. The summed E-state index contributed by atoms with van der Waals surface area (Å²) in [5, 5.41) is 13.9. The number of carbonyl (C=O) groups is 1. The van der Waals surface area contributed by atoms with Crippen molar-refractivity contribution >= 4 is 17.0 Å². The average Bonchev–Trinajstić information content (AvgIpc) is 3.38. The largest absolute Gasteiger partial charge is 0.477 e. The van der Waals surface area contributed by atoms with Gasteiger partial charge in [0, 0.05) is 46.2 Å². The second kappa shape index (κ2) is 8.43. The predicted molar refractivity (Wildman–Crippen MR) is 125 cm³/mol. The zero-order chi connectivity index (χ0) is 24.9. The maximum atomic E-state index is 15.3. The standard InChI is InChI=1S/C26H20F2N4O3/c1-13-22(15(3)35-31-13)16-10-18-19(17-7-8-20(27)23(24(17)28)26(33)34)12-32(25(18)30-11-16)14(2)21-6-4-5-9-29-21/h4-12,14H,1-3H3,(H,33,34). The number of pyridine rings is 2. The quantitative estimate of drug-likeness (QED) is 0.338. The van der Waals surface area contributed by atoms with Gasteiger partial charge in [0.1, 0.15) is 28.6 Å². The van der Waals surface area contributed by atoms with Gasteiger partial charge in [-0.15, -0.1) is 0 Å². The van der Waals surface area contributed by atoms with Crippen LogP contribution >= 0.6 is 0 Å². The lowest BCUT2D eigenvalue weighted by molar-refractivity contribution is 0.0686. The van der Waals surface area contributed by atoms with Crippen molar-refractivity contribution in [3.05, 3.63) is 89.3 Å². The molecule has 0 fully saturated rings. The van der Waals surface area contributed by atoms with Crippen LogP contribution in [0.25, 0.3) is 33.3 Å². The summed E-state index contributed by atoms with van der Waals surface area (Å²) in [5.74, 6) is -3.36. The van der Waals surface area contributed by atoms with E-state index in [9.17, 15) is 14.3 Å².